The molecule has 3 nitrogen and oxygen atoms in total. The fourth-order valence-corrected chi connectivity index (χ4v) is 2.23. The number of rotatable bonds is 5. The van der Waals surface area contributed by atoms with Gasteiger partial charge in [-0.05, 0) is 31.6 Å². The molecule has 0 aliphatic heterocycles. The van der Waals surface area contributed by atoms with Gasteiger partial charge in [-0.25, -0.2) is 0 Å². The summed E-state index contributed by atoms with van der Waals surface area (Å²) in [6, 6.07) is 0. The summed E-state index contributed by atoms with van der Waals surface area (Å²) in [6.07, 6.45) is 7.57. The summed E-state index contributed by atoms with van der Waals surface area (Å²) >= 11 is 0. The molecule has 1 rings (SSSR count). The lowest BCUT2D eigenvalue weighted by atomic mass is 9.90. The molecule has 0 spiro atoms. The Labute approximate surface area is 98.7 Å². The van der Waals surface area contributed by atoms with Crippen LogP contribution in [-0.2, 0) is 9.53 Å². The van der Waals surface area contributed by atoms with E-state index < -0.39 is 5.54 Å². The van der Waals surface area contributed by atoms with E-state index in [1.54, 1.807) is 0 Å². The molecule has 1 saturated carbocycles. The number of carbonyl (C=O) groups excluding carboxylic acids is 1. The maximum Gasteiger partial charge on any atom is 0.326 e. The second kappa shape index (κ2) is 6.24. The van der Waals surface area contributed by atoms with Crippen LogP contribution in [0.1, 0.15) is 58.8 Å². The molecule has 0 atom stereocenters. The minimum absolute atomic E-state index is 0.219. The van der Waals surface area contributed by atoms with Gasteiger partial charge in [0.1, 0.15) is 5.54 Å². The monoisotopic (exact) mass is 227 g/mol. The van der Waals surface area contributed by atoms with Crippen LogP contribution < -0.4 is 5.73 Å². The first-order valence-electron chi connectivity index (χ1n) is 6.58. The SMILES string of the molecule is CCC(N)(CC)C(=O)OCC1CCCCC1. The summed E-state index contributed by atoms with van der Waals surface area (Å²) in [7, 11) is 0. The topological polar surface area (TPSA) is 52.3 Å². The van der Waals surface area contributed by atoms with E-state index in [-0.39, 0.29) is 5.97 Å². The fraction of sp³-hybridized carbons (Fsp3) is 0.923. The van der Waals surface area contributed by atoms with E-state index in [9.17, 15) is 4.79 Å². The van der Waals surface area contributed by atoms with Crippen LogP contribution in [0.25, 0.3) is 0 Å². The maximum absolute atomic E-state index is 11.8. The Morgan fingerprint density at radius 2 is 1.81 bits per heavy atom. The van der Waals surface area contributed by atoms with Gasteiger partial charge in [0.25, 0.3) is 0 Å². The third-order valence-electron chi connectivity index (χ3n) is 3.84. The molecule has 0 heterocycles. The summed E-state index contributed by atoms with van der Waals surface area (Å²) in [6.45, 7) is 4.44. The van der Waals surface area contributed by atoms with Crippen molar-refractivity contribution in [3.05, 3.63) is 0 Å². The van der Waals surface area contributed by atoms with E-state index in [1.807, 2.05) is 13.8 Å². The highest BCUT2D eigenvalue weighted by Gasteiger charge is 2.32. The van der Waals surface area contributed by atoms with Crippen molar-refractivity contribution in [1.82, 2.24) is 0 Å². The van der Waals surface area contributed by atoms with Crippen LogP contribution in [0.4, 0.5) is 0 Å². The van der Waals surface area contributed by atoms with Crippen LogP contribution in [0.15, 0.2) is 0 Å². The normalized spacial score (nSPS) is 18.4. The van der Waals surface area contributed by atoms with Crippen molar-refractivity contribution >= 4 is 5.97 Å². The Kier molecular flexibility index (Phi) is 5.26. The highest BCUT2D eigenvalue weighted by atomic mass is 16.5. The number of nitrogens with two attached hydrogens (primary N) is 1. The van der Waals surface area contributed by atoms with Crippen molar-refractivity contribution in [3.63, 3.8) is 0 Å². The van der Waals surface area contributed by atoms with E-state index in [0.29, 0.717) is 25.4 Å². The van der Waals surface area contributed by atoms with Crippen LogP contribution in [0, 0.1) is 5.92 Å². The molecule has 2 N–H and O–H groups in total. The first-order chi connectivity index (χ1) is 7.62. The molecular weight excluding hydrogens is 202 g/mol. The molecule has 0 aromatic carbocycles. The minimum Gasteiger partial charge on any atom is -0.464 e. The molecule has 16 heavy (non-hydrogen) atoms. The molecule has 0 radical (unpaired) electrons. The van der Waals surface area contributed by atoms with Crippen molar-refractivity contribution < 1.29 is 9.53 Å². The van der Waals surface area contributed by atoms with E-state index in [2.05, 4.69) is 0 Å². The van der Waals surface area contributed by atoms with Crippen LogP contribution in [0.3, 0.4) is 0 Å². The van der Waals surface area contributed by atoms with Crippen LogP contribution in [0.2, 0.25) is 0 Å². The van der Waals surface area contributed by atoms with Crippen LogP contribution >= 0.6 is 0 Å². The van der Waals surface area contributed by atoms with Crippen molar-refractivity contribution in [2.24, 2.45) is 11.7 Å². The molecule has 1 fully saturated rings. The molecule has 1 aliphatic rings. The van der Waals surface area contributed by atoms with E-state index in [1.165, 1.54) is 32.1 Å². The predicted octanol–water partition coefficient (Wildman–Crippen LogP) is 2.63. The summed E-state index contributed by atoms with van der Waals surface area (Å²) in [5.74, 6) is 0.346. The average Bonchev–Trinajstić information content (AvgIpc) is 2.36. The van der Waals surface area contributed by atoms with Gasteiger partial charge in [-0.2, -0.15) is 0 Å². The molecule has 0 aromatic heterocycles. The van der Waals surface area contributed by atoms with E-state index in [0.717, 1.165) is 0 Å². The quantitative estimate of drug-likeness (QED) is 0.735. The van der Waals surface area contributed by atoms with Gasteiger partial charge in [-0.15, -0.1) is 0 Å². The molecule has 0 saturated heterocycles. The number of hydrogen-bond acceptors (Lipinski definition) is 3. The van der Waals surface area contributed by atoms with E-state index in [4.69, 9.17) is 10.5 Å². The van der Waals surface area contributed by atoms with Gasteiger partial charge in [0.15, 0.2) is 0 Å². The fourth-order valence-electron chi connectivity index (χ4n) is 2.23. The second-order valence-electron chi connectivity index (χ2n) is 4.97. The molecule has 0 amide bonds. The number of carbonyl (C=O) groups is 1. The van der Waals surface area contributed by atoms with Gasteiger partial charge in [0, 0.05) is 0 Å². The van der Waals surface area contributed by atoms with Gasteiger partial charge in [0.05, 0.1) is 6.61 Å². The van der Waals surface area contributed by atoms with Crippen LogP contribution in [0.5, 0.6) is 0 Å². The number of hydrogen-bond donors (Lipinski definition) is 1. The minimum atomic E-state index is -0.769. The molecule has 0 bridgehead atoms. The summed E-state index contributed by atoms with van der Waals surface area (Å²) in [5.41, 5.74) is 5.21. The molecule has 3 heteroatoms. The van der Waals surface area contributed by atoms with Crippen molar-refractivity contribution in [1.29, 1.82) is 0 Å². The Morgan fingerprint density at radius 1 is 1.25 bits per heavy atom. The number of ether oxygens (including phenoxy) is 1. The largest absolute Gasteiger partial charge is 0.464 e. The zero-order valence-electron chi connectivity index (χ0n) is 10.6. The van der Waals surface area contributed by atoms with Crippen molar-refractivity contribution in [3.8, 4) is 0 Å². The third-order valence-corrected chi connectivity index (χ3v) is 3.84. The number of esters is 1. The second-order valence-corrected chi connectivity index (χ2v) is 4.97. The molecule has 0 unspecified atom stereocenters. The smallest absolute Gasteiger partial charge is 0.326 e. The van der Waals surface area contributed by atoms with Gasteiger partial charge in [-0.1, -0.05) is 33.1 Å². The van der Waals surface area contributed by atoms with Gasteiger partial charge in [0.2, 0.25) is 0 Å². The molecular formula is C13H25NO2. The van der Waals surface area contributed by atoms with Crippen LogP contribution in [-0.4, -0.2) is 18.1 Å². The Balaban J connectivity index is 2.33. The molecule has 1 aliphatic carbocycles. The standard InChI is InChI=1S/C13H25NO2/c1-3-13(14,4-2)12(15)16-10-11-8-6-5-7-9-11/h11H,3-10,14H2,1-2H3. The molecule has 0 aromatic rings. The first kappa shape index (κ1) is 13.5. The van der Waals surface area contributed by atoms with E-state index >= 15 is 0 Å². The van der Waals surface area contributed by atoms with Crippen molar-refractivity contribution in [2.45, 2.75) is 64.3 Å². The highest BCUT2D eigenvalue weighted by molar-refractivity contribution is 5.80. The van der Waals surface area contributed by atoms with Crippen molar-refractivity contribution in [2.75, 3.05) is 6.61 Å². The Morgan fingerprint density at radius 3 is 2.31 bits per heavy atom. The third kappa shape index (κ3) is 3.48. The van der Waals surface area contributed by atoms with Gasteiger partial charge >= 0.3 is 5.97 Å². The Bertz CT molecular complexity index is 218. The Hall–Kier alpha value is -0.570. The summed E-state index contributed by atoms with van der Waals surface area (Å²) in [5, 5.41) is 0. The first-order valence-corrected chi connectivity index (χ1v) is 6.58. The summed E-state index contributed by atoms with van der Waals surface area (Å²) in [4.78, 5) is 11.8. The van der Waals surface area contributed by atoms with Gasteiger partial charge < -0.3 is 10.5 Å². The highest BCUT2D eigenvalue weighted by Crippen LogP contribution is 2.24. The average molecular weight is 227 g/mol. The maximum atomic E-state index is 11.8. The summed E-state index contributed by atoms with van der Waals surface area (Å²) < 4.78 is 5.36. The molecule has 94 valence electrons. The lowest BCUT2D eigenvalue weighted by Crippen LogP contribution is -2.48. The zero-order chi connectivity index (χ0) is 12.0. The van der Waals surface area contributed by atoms with Gasteiger partial charge in [-0.3, -0.25) is 4.79 Å². The lowest BCUT2D eigenvalue weighted by molar-refractivity contribution is -0.152. The zero-order valence-corrected chi connectivity index (χ0v) is 10.6. The lowest BCUT2D eigenvalue weighted by Gasteiger charge is -2.27. The predicted molar refractivity (Wildman–Crippen MR) is 65.0 cm³/mol.